The van der Waals surface area contributed by atoms with Crippen LogP contribution in [-0.4, -0.2) is 58.3 Å². The number of anilines is 1. The van der Waals surface area contributed by atoms with Gasteiger partial charge >= 0.3 is 6.09 Å². The second-order valence-electron chi connectivity index (χ2n) is 8.75. The average Bonchev–Trinajstić information content (AvgIpc) is 2.74. The van der Waals surface area contributed by atoms with Crippen LogP contribution in [0.5, 0.6) is 5.75 Å². The minimum absolute atomic E-state index is 0.0151. The van der Waals surface area contributed by atoms with Gasteiger partial charge in [0, 0.05) is 7.05 Å². The third kappa shape index (κ3) is 7.10. The molecule has 184 valence electrons. The first-order chi connectivity index (χ1) is 15.8. The molecule has 34 heavy (non-hydrogen) atoms. The second-order valence-corrected chi connectivity index (χ2v) is 9.15. The van der Waals surface area contributed by atoms with E-state index < -0.39 is 42.2 Å². The lowest BCUT2D eigenvalue weighted by Crippen LogP contribution is -2.52. The van der Waals surface area contributed by atoms with Crippen molar-refractivity contribution in [2.24, 2.45) is 0 Å². The van der Waals surface area contributed by atoms with Crippen molar-refractivity contribution in [3.63, 3.8) is 0 Å². The Labute approximate surface area is 203 Å². The van der Waals surface area contributed by atoms with Crippen LogP contribution in [0.4, 0.5) is 10.5 Å². The molecule has 9 nitrogen and oxygen atoms in total. The first-order valence-electron chi connectivity index (χ1n) is 10.6. The second kappa shape index (κ2) is 11.2. The maximum Gasteiger partial charge on any atom is 0.408 e. The number of aromatic hydroxyl groups is 1. The number of para-hydroxylation sites is 1. The standard InChI is InChI=1S/C24H30ClN3O6/c1-14-7-6-8-17(25)19(14)27-21(31)20(15-9-11-16(30)12-10-15)28(5)22(32)18(13-29)26-23(33)34-24(2,3)4/h6-12,18,20,29-30H,13H2,1-5H3,(H,26,33)(H,27,31). The number of aliphatic hydroxyl groups excluding tert-OH is 1. The van der Waals surface area contributed by atoms with Crippen LogP contribution in [0.15, 0.2) is 42.5 Å². The number of phenols is 1. The molecule has 2 rings (SSSR count). The minimum atomic E-state index is -1.35. The Morgan fingerprint density at radius 3 is 2.26 bits per heavy atom. The summed E-state index contributed by atoms with van der Waals surface area (Å²) in [4.78, 5) is 39.8. The van der Waals surface area contributed by atoms with Gasteiger partial charge < -0.3 is 30.5 Å². The molecule has 0 aromatic heterocycles. The number of carbonyl (C=O) groups excluding carboxylic acids is 3. The van der Waals surface area contributed by atoms with Gasteiger partial charge in [-0.25, -0.2) is 4.79 Å². The van der Waals surface area contributed by atoms with E-state index in [2.05, 4.69) is 10.6 Å². The van der Waals surface area contributed by atoms with Crippen LogP contribution in [0.25, 0.3) is 0 Å². The number of carbonyl (C=O) groups is 3. The van der Waals surface area contributed by atoms with Crippen molar-refractivity contribution in [2.75, 3.05) is 19.0 Å². The van der Waals surface area contributed by atoms with Gasteiger partial charge in [0.2, 0.25) is 5.91 Å². The van der Waals surface area contributed by atoms with E-state index in [1.54, 1.807) is 45.9 Å². The lowest BCUT2D eigenvalue weighted by molar-refractivity contribution is -0.139. The number of hydrogen-bond acceptors (Lipinski definition) is 6. The van der Waals surface area contributed by atoms with Gasteiger partial charge in [0.05, 0.1) is 17.3 Å². The van der Waals surface area contributed by atoms with Gasteiger partial charge in [-0.15, -0.1) is 0 Å². The lowest BCUT2D eigenvalue weighted by atomic mass is 10.0. The van der Waals surface area contributed by atoms with Gasteiger partial charge in [-0.1, -0.05) is 35.9 Å². The molecule has 0 heterocycles. The molecule has 0 aliphatic heterocycles. The molecule has 0 bridgehead atoms. The van der Waals surface area contributed by atoms with Crippen molar-refractivity contribution in [2.45, 2.75) is 45.4 Å². The molecule has 0 saturated heterocycles. The molecule has 0 fully saturated rings. The highest BCUT2D eigenvalue weighted by molar-refractivity contribution is 6.34. The van der Waals surface area contributed by atoms with Crippen LogP contribution in [-0.2, 0) is 14.3 Å². The molecule has 0 radical (unpaired) electrons. The number of aryl methyl sites for hydroxylation is 1. The first kappa shape index (κ1) is 26.9. The van der Waals surface area contributed by atoms with E-state index in [0.717, 1.165) is 10.5 Å². The number of halogens is 1. The van der Waals surface area contributed by atoms with Crippen molar-refractivity contribution in [1.29, 1.82) is 0 Å². The third-order valence-corrected chi connectivity index (χ3v) is 5.15. The van der Waals surface area contributed by atoms with Crippen LogP contribution in [0.1, 0.15) is 37.9 Å². The van der Waals surface area contributed by atoms with Crippen molar-refractivity contribution in [3.8, 4) is 5.75 Å². The minimum Gasteiger partial charge on any atom is -0.508 e. The lowest BCUT2D eigenvalue weighted by Gasteiger charge is -2.31. The van der Waals surface area contributed by atoms with E-state index >= 15 is 0 Å². The maximum atomic E-state index is 13.4. The molecule has 2 atom stereocenters. The molecule has 10 heteroatoms. The van der Waals surface area contributed by atoms with E-state index in [1.165, 1.54) is 31.3 Å². The van der Waals surface area contributed by atoms with Crippen molar-refractivity contribution < 1.29 is 29.3 Å². The van der Waals surface area contributed by atoms with Gasteiger partial charge in [0.25, 0.3) is 5.91 Å². The van der Waals surface area contributed by atoms with E-state index in [-0.39, 0.29) is 5.75 Å². The van der Waals surface area contributed by atoms with Crippen molar-refractivity contribution in [1.82, 2.24) is 10.2 Å². The summed E-state index contributed by atoms with van der Waals surface area (Å²) >= 11 is 6.25. The van der Waals surface area contributed by atoms with Crippen LogP contribution < -0.4 is 10.6 Å². The Hall–Kier alpha value is -3.30. The molecule has 3 amide bonds. The number of phenolic OH excluding ortho intramolecular Hbond substituents is 1. The Kier molecular flexibility index (Phi) is 8.89. The molecule has 0 saturated carbocycles. The van der Waals surface area contributed by atoms with Gasteiger partial charge in [-0.05, 0) is 57.0 Å². The first-order valence-corrected chi connectivity index (χ1v) is 10.9. The topological polar surface area (TPSA) is 128 Å². The predicted molar refractivity (Wildman–Crippen MR) is 129 cm³/mol. The van der Waals surface area contributed by atoms with E-state index in [4.69, 9.17) is 16.3 Å². The highest BCUT2D eigenvalue weighted by Gasteiger charge is 2.34. The summed E-state index contributed by atoms with van der Waals surface area (Å²) in [6.07, 6.45) is -0.884. The fourth-order valence-corrected chi connectivity index (χ4v) is 3.47. The summed E-state index contributed by atoms with van der Waals surface area (Å²) in [5.41, 5.74) is 0.702. The zero-order chi connectivity index (χ0) is 25.6. The molecule has 2 aromatic rings. The molecule has 2 unspecified atom stereocenters. The Balaban J connectivity index is 2.35. The number of nitrogens with one attached hydrogen (secondary N) is 2. The molecule has 4 N–H and O–H groups in total. The molecule has 0 aliphatic rings. The van der Waals surface area contributed by atoms with Gasteiger partial charge in [0.1, 0.15) is 23.4 Å². The molecule has 0 spiro atoms. The summed E-state index contributed by atoms with van der Waals surface area (Å²) < 4.78 is 5.16. The molecular weight excluding hydrogens is 462 g/mol. The number of alkyl carbamates (subject to hydrolysis) is 1. The van der Waals surface area contributed by atoms with E-state index in [9.17, 15) is 24.6 Å². The van der Waals surface area contributed by atoms with Crippen molar-refractivity contribution in [3.05, 3.63) is 58.6 Å². The normalized spacial score (nSPS) is 12.9. The third-order valence-electron chi connectivity index (χ3n) is 4.83. The number of aliphatic hydroxyl groups is 1. The van der Waals surface area contributed by atoms with Crippen molar-refractivity contribution >= 4 is 35.2 Å². The summed E-state index contributed by atoms with van der Waals surface area (Å²) in [5.74, 6) is -1.32. The van der Waals surface area contributed by atoms with Crippen LogP contribution >= 0.6 is 11.6 Å². The molecular formula is C24H30ClN3O6. The number of nitrogens with zero attached hydrogens (tertiary/aromatic N) is 1. The number of rotatable bonds is 7. The quantitative estimate of drug-likeness (QED) is 0.470. The number of hydrogen-bond donors (Lipinski definition) is 4. The Bertz CT molecular complexity index is 1020. The highest BCUT2D eigenvalue weighted by atomic mass is 35.5. The average molecular weight is 492 g/mol. The summed E-state index contributed by atoms with van der Waals surface area (Å²) in [6, 6.07) is 8.39. The van der Waals surface area contributed by atoms with Crippen LogP contribution in [0.3, 0.4) is 0 Å². The van der Waals surface area contributed by atoms with Gasteiger partial charge in [-0.3, -0.25) is 9.59 Å². The van der Waals surface area contributed by atoms with Gasteiger partial charge in [-0.2, -0.15) is 0 Å². The number of ether oxygens (including phenoxy) is 1. The molecule has 2 aromatic carbocycles. The molecule has 0 aliphatic carbocycles. The predicted octanol–water partition coefficient (Wildman–Crippen LogP) is 3.38. The summed E-state index contributed by atoms with van der Waals surface area (Å²) in [7, 11) is 1.37. The van der Waals surface area contributed by atoms with E-state index in [0.29, 0.717) is 16.3 Å². The largest absolute Gasteiger partial charge is 0.508 e. The summed E-state index contributed by atoms with van der Waals surface area (Å²) in [5, 5.41) is 24.8. The SMILES string of the molecule is Cc1cccc(Cl)c1NC(=O)C(c1ccc(O)cc1)N(C)C(=O)C(CO)NC(=O)OC(C)(C)C. The van der Waals surface area contributed by atoms with Crippen LogP contribution in [0.2, 0.25) is 5.02 Å². The zero-order valence-corrected chi connectivity index (χ0v) is 20.5. The summed E-state index contributed by atoms with van der Waals surface area (Å²) in [6.45, 7) is 6.05. The fourth-order valence-electron chi connectivity index (χ4n) is 3.20. The highest BCUT2D eigenvalue weighted by Crippen LogP contribution is 2.29. The zero-order valence-electron chi connectivity index (χ0n) is 19.8. The Morgan fingerprint density at radius 1 is 1.12 bits per heavy atom. The maximum absolute atomic E-state index is 13.4. The Morgan fingerprint density at radius 2 is 1.74 bits per heavy atom. The number of benzene rings is 2. The fraction of sp³-hybridized carbons (Fsp3) is 0.375. The number of likely N-dealkylation sites (N-methyl/N-ethyl adjacent to an activating group) is 1. The van der Waals surface area contributed by atoms with E-state index in [1.807, 2.05) is 0 Å². The number of amides is 3. The van der Waals surface area contributed by atoms with Gasteiger partial charge in [0.15, 0.2) is 0 Å². The smallest absolute Gasteiger partial charge is 0.408 e. The monoisotopic (exact) mass is 491 g/mol. The van der Waals surface area contributed by atoms with Crippen LogP contribution in [0, 0.1) is 6.92 Å².